The molecule has 0 spiro atoms. The van der Waals surface area contributed by atoms with E-state index in [1.54, 1.807) is 0 Å². The summed E-state index contributed by atoms with van der Waals surface area (Å²) in [5.41, 5.74) is 0.499. The average molecular weight is 226 g/mol. The summed E-state index contributed by atoms with van der Waals surface area (Å²) < 4.78 is 0. The molecule has 3 nitrogen and oxygen atoms in total. The van der Waals surface area contributed by atoms with Crippen molar-refractivity contribution in [2.45, 2.75) is 53.0 Å². The summed E-state index contributed by atoms with van der Waals surface area (Å²) in [5, 5.41) is 6.27. The van der Waals surface area contributed by atoms with Gasteiger partial charge in [0, 0.05) is 6.04 Å². The molecule has 0 aromatic rings. The van der Waals surface area contributed by atoms with E-state index in [-0.39, 0.29) is 5.91 Å². The minimum atomic E-state index is 0.132. The smallest absolute Gasteiger partial charge is 0.234 e. The molecule has 1 saturated carbocycles. The van der Waals surface area contributed by atoms with Crippen molar-refractivity contribution in [1.82, 2.24) is 10.6 Å². The van der Waals surface area contributed by atoms with Crippen LogP contribution in [0.2, 0.25) is 0 Å². The van der Waals surface area contributed by atoms with E-state index in [0.717, 1.165) is 25.3 Å². The zero-order chi connectivity index (χ0) is 12.2. The van der Waals surface area contributed by atoms with Crippen LogP contribution in [0.25, 0.3) is 0 Å². The lowest BCUT2D eigenvalue weighted by Gasteiger charge is -2.15. The van der Waals surface area contributed by atoms with Gasteiger partial charge in [0.1, 0.15) is 0 Å². The Morgan fingerprint density at radius 1 is 1.38 bits per heavy atom. The zero-order valence-corrected chi connectivity index (χ0v) is 11.1. The number of amides is 1. The van der Waals surface area contributed by atoms with Gasteiger partial charge in [-0.15, -0.1) is 0 Å². The van der Waals surface area contributed by atoms with Crippen molar-refractivity contribution >= 4 is 5.91 Å². The first-order valence-electron chi connectivity index (χ1n) is 6.49. The topological polar surface area (TPSA) is 41.1 Å². The normalized spacial score (nSPS) is 22.2. The van der Waals surface area contributed by atoms with Gasteiger partial charge in [0.2, 0.25) is 5.91 Å². The van der Waals surface area contributed by atoms with Crippen molar-refractivity contribution in [2.75, 3.05) is 13.1 Å². The number of carbonyl (C=O) groups is 1. The summed E-state index contributed by atoms with van der Waals surface area (Å²) in [6.45, 7) is 10.2. The van der Waals surface area contributed by atoms with Gasteiger partial charge in [-0.25, -0.2) is 0 Å². The molecular weight excluding hydrogens is 200 g/mol. The monoisotopic (exact) mass is 226 g/mol. The molecule has 0 aromatic heterocycles. The molecule has 3 heteroatoms. The zero-order valence-electron chi connectivity index (χ0n) is 11.1. The Morgan fingerprint density at radius 2 is 1.94 bits per heavy atom. The Morgan fingerprint density at radius 3 is 2.38 bits per heavy atom. The van der Waals surface area contributed by atoms with E-state index in [1.807, 2.05) is 0 Å². The molecule has 94 valence electrons. The molecule has 16 heavy (non-hydrogen) atoms. The molecule has 1 fully saturated rings. The standard InChI is InChI=1S/C13H26N2O/c1-5-11(6-2)15-12(16)9-14-8-10-7-13(10,3)4/h10-11,14H,5-9H2,1-4H3,(H,15,16). The second-order valence-electron chi connectivity index (χ2n) is 5.60. The lowest BCUT2D eigenvalue weighted by molar-refractivity contribution is -0.121. The number of hydrogen-bond donors (Lipinski definition) is 2. The summed E-state index contributed by atoms with van der Waals surface area (Å²) in [7, 11) is 0. The van der Waals surface area contributed by atoms with Gasteiger partial charge < -0.3 is 10.6 Å². The molecule has 1 aliphatic carbocycles. The molecule has 2 N–H and O–H groups in total. The molecule has 0 radical (unpaired) electrons. The fraction of sp³-hybridized carbons (Fsp3) is 0.923. The molecular formula is C13H26N2O. The van der Waals surface area contributed by atoms with Crippen molar-refractivity contribution in [3.8, 4) is 0 Å². The molecule has 0 heterocycles. The fourth-order valence-electron chi connectivity index (χ4n) is 2.06. The Labute approximate surface area is 99.4 Å². The summed E-state index contributed by atoms with van der Waals surface area (Å²) in [6, 6.07) is 0.340. The van der Waals surface area contributed by atoms with Gasteiger partial charge in [0.05, 0.1) is 6.54 Å². The van der Waals surface area contributed by atoms with Crippen LogP contribution < -0.4 is 10.6 Å². The van der Waals surface area contributed by atoms with E-state index >= 15 is 0 Å². The minimum Gasteiger partial charge on any atom is -0.352 e. The quantitative estimate of drug-likeness (QED) is 0.696. The van der Waals surface area contributed by atoms with Crippen LogP contribution in [0.15, 0.2) is 0 Å². The Balaban J connectivity index is 2.07. The first-order chi connectivity index (χ1) is 7.49. The summed E-state index contributed by atoms with van der Waals surface area (Å²) >= 11 is 0. The SMILES string of the molecule is CCC(CC)NC(=O)CNCC1CC1(C)C. The van der Waals surface area contributed by atoms with Crippen molar-refractivity contribution < 1.29 is 4.79 Å². The van der Waals surface area contributed by atoms with Gasteiger partial charge in [-0.1, -0.05) is 27.7 Å². The molecule has 1 aliphatic rings. The Kier molecular flexibility index (Phi) is 4.78. The van der Waals surface area contributed by atoms with Crippen molar-refractivity contribution in [3.05, 3.63) is 0 Å². The van der Waals surface area contributed by atoms with Crippen LogP contribution in [0.4, 0.5) is 0 Å². The maximum Gasteiger partial charge on any atom is 0.234 e. The third-order valence-corrected chi connectivity index (χ3v) is 3.74. The molecule has 0 aromatic carbocycles. The van der Waals surface area contributed by atoms with Crippen LogP contribution >= 0.6 is 0 Å². The van der Waals surface area contributed by atoms with Crippen LogP contribution in [0.1, 0.15) is 47.0 Å². The third-order valence-electron chi connectivity index (χ3n) is 3.74. The second-order valence-corrected chi connectivity index (χ2v) is 5.60. The molecule has 0 bridgehead atoms. The van der Waals surface area contributed by atoms with Gasteiger partial charge in [0.15, 0.2) is 0 Å². The van der Waals surface area contributed by atoms with Crippen LogP contribution in [0.5, 0.6) is 0 Å². The number of nitrogens with one attached hydrogen (secondary N) is 2. The molecule has 1 rings (SSSR count). The number of carbonyl (C=O) groups excluding carboxylic acids is 1. The van der Waals surface area contributed by atoms with Crippen molar-refractivity contribution in [3.63, 3.8) is 0 Å². The maximum absolute atomic E-state index is 11.6. The van der Waals surface area contributed by atoms with E-state index in [1.165, 1.54) is 6.42 Å². The first kappa shape index (κ1) is 13.5. The predicted molar refractivity (Wildman–Crippen MR) is 67.3 cm³/mol. The fourth-order valence-corrected chi connectivity index (χ4v) is 2.06. The van der Waals surface area contributed by atoms with Crippen molar-refractivity contribution in [1.29, 1.82) is 0 Å². The molecule has 1 unspecified atom stereocenters. The van der Waals surface area contributed by atoms with Gasteiger partial charge in [-0.05, 0) is 37.1 Å². The van der Waals surface area contributed by atoms with Crippen LogP contribution in [0.3, 0.4) is 0 Å². The molecule has 0 saturated heterocycles. The van der Waals surface area contributed by atoms with Gasteiger partial charge in [0.25, 0.3) is 0 Å². The molecule has 1 amide bonds. The Hall–Kier alpha value is -0.570. The predicted octanol–water partition coefficient (Wildman–Crippen LogP) is 1.93. The second kappa shape index (κ2) is 5.67. The number of rotatable bonds is 7. The highest BCUT2D eigenvalue weighted by Gasteiger charge is 2.44. The van der Waals surface area contributed by atoms with Crippen LogP contribution in [-0.4, -0.2) is 25.0 Å². The summed E-state index contributed by atoms with van der Waals surface area (Å²) in [6.07, 6.45) is 3.31. The van der Waals surface area contributed by atoms with Crippen LogP contribution in [0, 0.1) is 11.3 Å². The minimum absolute atomic E-state index is 0.132. The largest absolute Gasteiger partial charge is 0.352 e. The highest BCUT2D eigenvalue weighted by Crippen LogP contribution is 2.50. The summed E-state index contributed by atoms with van der Waals surface area (Å²) in [4.78, 5) is 11.6. The third kappa shape index (κ3) is 4.12. The van der Waals surface area contributed by atoms with Gasteiger partial charge >= 0.3 is 0 Å². The highest BCUT2D eigenvalue weighted by atomic mass is 16.1. The van der Waals surface area contributed by atoms with Crippen molar-refractivity contribution in [2.24, 2.45) is 11.3 Å². The lowest BCUT2D eigenvalue weighted by Crippen LogP contribution is -2.40. The summed E-state index contributed by atoms with van der Waals surface area (Å²) in [5.74, 6) is 0.889. The van der Waals surface area contributed by atoms with E-state index in [9.17, 15) is 4.79 Å². The van der Waals surface area contributed by atoms with E-state index in [2.05, 4.69) is 38.3 Å². The lowest BCUT2D eigenvalue weighted by atomic mass is 10.1. The average Bonchev–Trinajstić information content (AvgIpc) is 2.83. The highest BCUT2D eigenvalue weighted by molar-refractivity contribution is 5.78. The molecule has 1 atom stereocenters. The van der Waals surface area contributed by atoms with Crippen LogP contribution in [-0.2, 0) is 4.79 Å². The number of hydrogen-bond acceptors (Lipinski definition) is 2. The van der Waals surface area contributed by atoms with Gasteiger partial charge in [-0.3, -0.25) is 4.79 Å². The van der Waals surface area contributed by atoms with E-state index < -0.39 is 0 Å². The Bertz CT molecular complexity index is 234. The van der Waals surface area contributed by atoms with Gasteiger partial charge in [-0.2, -0.15) is 0 Å². The van der Waals surface area contributed by atoms with E-state index in [4.69, 9.17) is 0 Å². The van der Waals surface area contributed by atoms with E-state index in [0.29, 0.717) is 18.0 Å². The molecule has 0 aliphatic heterocycles. The first-order valence-corrected chi connectivity index (χ1v) is 6.49. The maximum atomic E-state index is 11.6.